The molecule has 1 aromatic rings. The van der Waals surface area contributed by atoms with E-state index >= 15 is 0 Å². The molecule has 1 heterocycles. The van der Waals surface area contributed by atoms with Gasteiger partial charge in [0.2, 0.25) is 0 Å². The number of nitrogens with zero attached hydrogens (tertiary/aromatic N) is 1. The van der Waals surface area contributed by atoms with E-state index in [-0.39, 0.29) is 32.3 Å². The lowest BCUT2D eigenvalue weighted by molar-refractivity contribution is -0.137. The average molecular weight is 363 g/mol. The van der Waals surface area contributed by atoms with Crippen molar-refractivity contribution in [2.24, 2.45) is 0 Å². The van der Waals surface area contributed by atoms with Crippen molar-refractivity contribution >= 4 is 39.2 Å². The van der Waals surface area contributed by atoms with E-state index in [9.17, 15) is 18.0 Å². The number of nitriles is 1. The fourth-order valence-corrected chi connectivity index (χ4v) is 3.16. The standard InChI is InChI=1S/C12H6BrF3N2OS/c13-7-2-1-3-8(10(7)12(14,15)16)18-11-6(4-17)9(19)5-20-11/h1-3,18H,5H2. The first-order chi connectivity index (χ1) is 9.34. The quantitative estimate of drug-likeness (QED) is 0.865. The van der Waals surface area contributed by atoms with Crippen LogP contribution in [0.15, 0.2) is 33.3 Å². The molecule has 0 fully saturated rings. The fraction of sp³-hybridized carbons (Fsp3) is 0.167. The predicted molar refractivity (Wildman–Crippen MR) is 72.9 cm³/mol. The first-order valence-corrected chi connectivity index (χ1v) is 7.05. The summed E-state index contributed by atoms with van der Waals surface area (Å²) in [7, 11) is 0. The Labute approximate surface area is 125 Å². The van der Waals surface area contributed by atoms with Crippen LogP contribution in [-0.2, 0) is 11.0 Å². The Kier molecular flexibility index (Phi) is 4.11. The number of halogens is 4. The molecule has 0 aromatic heterocycles. The van der Waals surface area contributed by atoms with Crippen LogP contribution in [0.4, 0.5) is 18.9 Å². The van der Waals surface area contributed by atoms with Gasteiger partial charge in [0.25, 0.3) is 0 Å². The van der Waals surface area contributed by atoms with Gasteiger partial charge in [-0.05, 0) is 12.1 Å². The lowest BCUT2D eigenvalue weighted by Crippen LogP contribution is -2.11. The Bertz CT molecular complexity index is 649. The summed E-state index contributed by atoms with van der Waals surface area (Å²) in [5.41, 5.74) is -1.20. The third-order valence-electron chi connectivity index (χ3n) is 2.51. The number of hydrogen-bond acceptors (Lipinski definition) is 4. The number of hydrogen-bond donors (Lipinski definition) is 1. The maximum atomic E-state index is 13.0. The van der Waals surface area contributed by atoms with Crippen LogP contribution in [0, 0.1) is 11.3 Å². The number of anilines is 1. The Morgan fingerprint density at radius 1 is 1.40 bits per heavy atom. The molecule has 0 saturated heterocycles. The second-order valence-corrected chi connectivity index (χ2v) is 5.65. The summed E-state index contributed by atoms with van der Waals surface area (Å²) in [5.74, 6) is -0.329. The molecule has 0 saturated carbocycles. The topological polar surface area (TPSA) is 52.9 Å². The Morgan fingerprint density at radius 3 is 2.70 bits per heavy atom. The second kappa shape index (κ2) is 5.50. The third-order valence-corrected chi connectivity index (χ3v) is 4.17. The number of thioether (sulfide) groups is 1. The summed E-state index contributed by atoms with van der Waals surface area (Å²) >= 11 is 3.88. The molecule has 0 atom stereocenters. The SMILES string of the molecule is N#CC1=C(Nc2cccc(Br)c2C(F)(F)F)SCC1=O. The first-order valence-electron chi connectivity index (χ1n) is 5.27. The van der Waals surface area contributed by atoms with E-state index in [1.54, 1.807) is 6.07 Å². The summed E-state index contributed by atoms with van der Waals surface area (Å²) in [4.78, 5) is 11.4. The van der Waals surface area contributed by atoms with Gasteiger partial charge in [-0.15, -0.1) is 0 Å². The molecule has 0 amide bonds. The zero-order chi connectivity index (χ0) is 14.9. The van der Waals surface area contributed by atoms with Crippen LogP contribution < -0.4 is 5.32 Å². The molecule has 104 valence electrons. The molecule has 2 rings (SSSR count). The Hall–Kier alpha value is -1.46. The molecule has 0 aliphatic carbocycles. The van der Waals surface area contributed by atoms with Crippen molar-refractivity contribution in [2.75, 3.05) is 11.1 Å². The van der Waals surface area contributed by atoms with Gasteiger partial charge in [-0.2, -0.15) is 18.4 Å². The van der Waals surface area contributed by atoms with Crippen molar-refractivity contribution in [3.8, 4) is 6.07 Å². The molecular formula is C12H6BrF3N2OS. The number of carbonyl (C=O) groups excluding carboxylic acids is 1. The molecule has 1 aliphatic heterocycles. The van der Waals surface area contributed by atoms with Gasteiger partial charge in [0, 0.05) is 4.47 Å². The van der Waals surface area contributed by atoms with E-state index in [0.717, 1.165) is 11.8 Å². The number of allylic oxidation sites excluding steroid dienone is 1. The predicted octanol–water partition coefficient (Wildman–Crippen LogP) is 3.93. The smallest absolute Gasteiger partial charge is 0.349 e. The van der Waals surface area contributed by atoms with Crippen LogP contribution in [0.3, 0.4) is 0 Å². The summed E-state index contributed by atoms with van der Waals surface area (Å²) in [5, 5.41) is 11.5. The van der Waals surface area contributed by atoms with Crippen LogP contribution >= 0.6 is 27.7 Å². The molecule has 0 radical (unpaired) electrons. The Balaban J connectivity index is 2.46. The van der Waals surface area contributed by atoms with E-state index in [2.05, 4.69) is 21.2 Å². The maximum Gasteiger partial charge on any atom is 0.419 e. The molecule has 0 spiro atoms. The number of rotatable bonds is 2. The highest BCUT2D eigenvalue weighted by Gasteiger charge is 2.36. The largest absolute Gasteiger partial charge is 0.419 e. The molecule has 1 aromatic carbocycles. The first kappa shape index (κ1) is 14.9. The van der Waals surface area contributed by atoms with Gasteiger partial charge in [0.1, 0.15) is 11.6 Å². The summed E-state index contributed by atoms with van der Waals surface area (Å²) in [6.45, 7) is 0. The summed E-state index contributed by atoms with van der Waals surface area (Å²) in [6.07, 6.45) is -4.55. The Morgan fingerprint density at radius 2 is 2.10 bits per heavy atom. The van der Waals surface area contributed by atoms with Gasteiger partial charge in [0.05, 0.1) is 22.0 Å². The number of benzene rings is 1. The van der Waals surface area contributed by atoms with Crippen molar-refractivity contribution in [1.82, 2.24) is 0 Å². The molecular weight excluding hydrogens is 357 g/mol. The fourth-order valence-electron chi connectivity index (χ4n) is 1.66. The van der Waals surface area contributed by atoms with E-state index < -0.39 is 11.7 Å². The molecule has 20 heavy (non-hydrogen) atoms. The van der Waals surface area contributed by atoms with Gasteiger partial charge >= 0.3 is 6.18 Å². The highest BCUT2D eigenvalue weighted by atomic mass is 79.9. The zero-order valence-corrected chi connectivity index (χ0v) is 12.1. The van der Waals surface area contributed by atoms with E-state index in [4.69, 9.17) is 5.26 Å². The molecule has 3 nitrogen and oxygen atoms in total. The summed E-state index contributed by atoms with van der Waals surface area (Å²) < 4.78 is 38.9. The number of ketones is 1. The van der Waals surface area contributed by atoms with Crippen LogP contribution in [0.2, 0.25) is 0 Å². The van der Waals surface area contributed by atoms with Gasteiger partial charge in [0.15, 0.2) is 5.78 Å². The lowest BCUT2D eigenvalue weighted by atomic mass is 10.1. The molecule has 1 aliphatic rings. The van der Waals surface area contributed by atoms with Crippen LogP contribution in [-0.4, -0.2) is 11.5 Å². The second-order valence-electron chi connectivity index (χ2n) is 3.81. The minimum Gasteiger partial charge on any atom is -0.349 e. The van der Waals surface area contributed by atoms with Gasteiger partial charge < -0.3 is 5.32 Å². The van der Waals surface area contributed by atoms with Gasteiger partial charge in [-0.1, -0.05) is 33.8 Å². The van der Waals surface area contributed by atoms with Crippen molar-refractivity contribution in [2.45, 2.75) is 6.18 Å². The van der Waals surface area contributed by atoms with E-state index in [1.807, 2.05) is 0 Å². The van der Waals surface area contributed by atoms with Crippen LogP contribution in [0.1, 0.15) is 5.56 Å². The monoisotopic (exact) mass is 362 g/mol. The van der Waals surface area contributed by atoms with Crippen LogP contribution in [0.25, 0.3) is 0 Å². The normalized spacial score (nSPS) is 15.4. The highest BCUT2D eigenvalue weighted by molar-refractivity contribution is 9.10. The zero-order valence-electron chi connectivity index (χ0n) is 9.71. The number of nitrogens with one attached hydrogen (secondary N) is 1. The number of Topliss-reactive ketones (excluding diaryl/α,β-unsaturated/α-hetero) is 1. The minimum absolute atomic E-state index is 0.0561. The third kappa shape index (κ3) is 2.83. The average Bonchev–Trinajstić information content (AvgIpc) is 2.68. The molecule has 8 heteroatoms. The van der Waals surface area contributed by atoms with Gasteiger partial charge in [-0.3, -0.25) is 4.79 Å². The van der Waals surface area contributed by atoms with Crippen molar-refractivity contribution in [3.05, 3.63) is 38.8 Å². The van der Waals surface area contributed by atoms with Gasteiger partial charge in [-0.25, -0.2) is 0 Å². The number of carbonyl (C=O) groups is 1. The van der Waals surface area contributed by atoms with Crippen molar-refractivity contribution < 1.29 is 18.0 Å². The highest BCUT2D eigenvalue weighted by Crippen LogP contribution is 2.41. The lowest BCUT2D eigenvalue weighted by Gasteiger charge is -2.16. The van der Waals surface area contributed by atoms with E-state index in [0.29, 0.717) is 0 Å². The number of alkyl halides is 3. The minimum atomic E-state index is -4.55. The van der Waals surface area contributed by atoms with E-state index in [1.165, 1.54) is 18.2 Å². The van der Waals surface area contributed by atoms with Crippen LogP contribution in [0.5, 0.6) is 0 Å². The molecule has 0 bridgehead atoms. The molecule has 1 N–H and O–H groups in total. The maximum absolute atomic E-state index is 13.0. The van der Waals surface area contributed by atoms with Crippen molar-refractivity contribution in [3.63, 3.8) is 0 Å². The molecule has 0 unspecified atom stereocenters. The summed E-state index contributed by atoms with van der Waals surface area (Å²) in [6, 6.07) is 5.68. The van der Waals surface area contributed by atoms with Crippen molar-refractivity contribution in [1.29, 1.82) is 5.26 Å².